The van der Waals surface area contributed by atoms with E-state index in [0.717, 1.165) is 38.2 Å². The molecule has 170 valence electrons. The van der Waals surface area contributed by atoms with Gasteiger partial charge in [-0.25, -0.2) is 8.78 Å². The summed E-state index contributed by atoms with van der Waals surface area (Å²) in [7, 11) is 3.70. The van der Waals surface area contributed by atoms with Crippen molar-refractivity contribution in [3.8, 4) is 11.5 Å². The van der Waals surface area contributed by atoms with Gasteiger partial charge in [0.05, 0.1) is 13.7 Å². The van der Waals surface area contributed by atoms with Crippen LogP contribution >= 0.6 is 0 Å². The third-order valence-corrected chi connectivity index (χ3v) is 5.85. The van der Waals surface area contributed by atoms with Crippen LogP contribution in [-0.4, -0.2) is 86.6 Å². The summed E-state index contributed by atoms with van der Waals surface area (Å²) in [6.45, 7) is 2.89. The quantitative estimate of drug-likeness (QED) is 0.653. The summed E-state index contributed by atoms with van der Waals surface area (Å²) < 4.78 is 43.7. The number of ether oxygens (including phenoxy) is 3. The molecule has 30 heavy (non-hydrogen) atoms. The molecule has 1 atom stereocenters. The molecule has 2 saturated heterocycles. The van der Waals surface area contributed by atoms with Crippen molar-refractivity contribution >= 4 is 0 Å². The van der Waals surface area contributed by atoms with Crippen LogP contribution in [0, 0.1) is 0 Å². The number of likely N-dealkylation sites (tertiary alicyclic amines) is 1. The Labute approximate surface area is 177 Å². The third-order valence-electron chi connectivity index (χ3n) is 5.85. The smallest absolute Gasteiger partial charge is 0.260 e. The highest BCUT2D eigenvalue weighted by molar-refractivity contribution is 5.43. The molecule has 0 spiro atoms. The second kappa shape index (κ2) is 10.7. The minimum atomic E-state index is -2.67. The Morgan fingerprint density at radius 2 is 2.07 bits per heavy atom. The van der Waals surface area contributed by atoms with Crippen molar-refractivity contribution in [3.05, 3.63) is 23.8 Å². The Morgan fingerprint density at radius 1 is 1.30 bits per heavy atom. The molecule has 0 amide bonds. The second-order valence-corrected chi connectivity index (χ2v) is 8.40. The van der Waals surface area contributed by atoms with Gasteiger partial charge < -0.3 is 19.3 Å². The predicted molar refractivity (Wildman–Crippen MR) is 110 cm³/mol. The van der Waals surface area contributed by atoms with Gasteiger partial charge >= 0.3 is 0 Å². The number of piperidine rings is 1. The van der Waals surface area contributed by atoms with Crippen LogP contribution in [-0.2, 0) is 11.3 Å². The summed E-state index contributed by atoms with van der Waals surface area (Å²) in [5.74, 6) is -1.53. The maximum Gasteiger partial charge on any atom is 0.260 e. The number of β-amino-alcohol motifs (C(OH)–C–C–N with tert-alkyl or cyclic N) is 1. The van der Waals surface area contributed by atoms with Crippen LogP contribution in [0.15, 0.2) is 18.2 Å². The maximum absolute atomic E-state index is 13.5. The average Bonchev–Trinajstić information content (AvgIpc) is 2.72. The summed E-state index contributed by atoms with van der Waals surface area (Å²) in [6, 6.07) is 6.29. The molecule has 2 aliphatic rings. The van der Waals surface area contributed by atoms with Gasteiger partial charge in [0.1, 0.15) is 12.7 Å². The van der Waals surface area contributed by atoms with Crippen molar-refractivity contribution in [2.75, 3.05) is 53.6 Å². The fourth-order valence-corrected chi connectivity index (χ4v) is 4.21. The van der Waals surface area contributed by atoms with E-state index in [0.29, 0.717) is 30.5 Å². The normalized spacial score (nSPS) is 21.5. The van der Waals surface area contributed by atoms with Gasteiger partial charge in [-0.3, -0.25) is 9.80 Å². The van der Waals surface area contributed by atoms with E-state index in [1.165, 1.54) is 0 Å². The molecule has 0 radical (unpaired) electrons. The molecule has 2 heterocycles. The highest BCUT2D eigenvalue weighted by Crippen LogP contribution is 2.30. The van der Waals surface area contributed by atoms with Gasteiger partial charge in [-0.15, -0.1) is 0 Å². The zero-order chi connectivity index (χ0) is 21.6. The fourth-order valence-electron chi connectivity index (χ4n) is 4.21. The van der Waals surface area contributed by atoms with Gasteiger partial charge in [0, 0.05) is 38.8 Å². The van der Waals surface area contributed by atoms with Gasteiger partial charge in [0.2, 0.25) is 0 Å². The molecule has 2 aliphatic heterocycles. The largest absolute Gasteiger partial charge is 0.493 e. The van der Waals surface area contributed by atoms with Crippen molar-refractivity contribution in [2.45, 2.75) is 50.3 Å². The third kappa shape index (κ3) is 6.77. The Bertz CT molecular complexity index is 671. The highest BCUT2D eigenvalue weighted by atomic mass is 19.3. The molecule has 1 aromatic rings. The molecule has 0 bridgehead atoms. The number of aliphatic hydroxyl groups excluding tert-OH is 1. The Balaban J connectivity index is 1.50. The molecule has 0 saturated carbocycles. The number of methoxy groups -OCH3 is 1. The van der Waals surface area contributed by atoms with E-state index in [1.54, 1.807) is 12.0 Å². The van der Waals surface area contributed by atoms with Crippen LogP contribution in [0.4, 0.5) is 8.78 Å². The van der Waals surface area contributed by atoms with Crippen molar-refractivity contribution < 1.29 is 28.1 Å². The first-order valence-corrected chi connectivity index (χ1v) is 10.7. The van der Waals surface area contributed by atoms with Crippen LogP contribution in [0.25, 0.3) is 0 Å². The summed E-state index contributed by atoms with van der Waals surface area (Å²) >= 11 is 0. The number of rotatable bonds is 9. The van der Waals surface area contributed by atoms with Crippen molar-refractivity contribution in [2.24, 2.45) is 0 Å². The van der Waals surface area contributed by atoms with E-state index in [2.05, 4.69) is 11.9 Å². The van der Waals surface area contributed by atoms with Crippen LogP contribution in [0.1, 0.15) is 31.2 Å². The molecular weight excluding hydrogens is 394 g/mol. The number of hydrogen-bond donors (Lipinski definition) is 1. The monoisotopic (exact) mass is 428 g/mol. The lowest BCUT2D eigenvalue weighted by molar-refractivity contribution is -0.0737. The Morgan fingerprint density at radius 3 is 2.77 bits per heavy atom. The van der Waals surface area contributed by atoms with E-state index in [9.17, 15) is 13.9 Å². The predicted octanol–water partition coefficient (Wildman–Crippen LogP) is 2.78. The fraction of sp³-hybridized carbons (Fsp3) is 0.727. The lowest BCUT2D eigenvalue weighted by atomic mass is 10.1. The van der Waals surface area contributed by atoms with Gasteiger partial charge in [-0.05, 0) is 50.6 Å². The molecule has 3 rings (SSSR count). The van der Waals surface area contributed by atoms with Gasteiger partial charge in [0.25, 0.3) is 5.92 Å². The number of nitrogens with zero attached hydrogens (tertiary/aromatic N) is 2. The number of benzene rings is 1. The molecule has 2 fully saturated rings. The first kappa shape index (κ1) is 23.2. The van der Waals surface area contributed by atoms with Gasteiger partial charge in [0.15, 0.2) is 11.5 Å². The van der Waals surface area contributed by atoms with E-state index in [4.69, 9.17) is 14.2 Å². The molecule has 1 unspecified atom stereocenters. The van der Waals surface area contributed by atoms with Gasteiger partial charge in [-0.1, -0.05) is 6.07 Å². The van der Waals surface area contributed by atoms with Crippen LogP contribution in [0.5, 0.6) is 11.5 Å². The minimum absolute atomic E-state index is 0.0275. The summed E-state index contributed by atoms with van der Waals surface area (Å²) in [6.07, 6.45) is 1.59. The molecule has 1 aromatic carbocycles. The minimum Gasteiger partial charge on any atom is -0.493 e. The van der Waals surface area contributed by atoms with E-state index in [-0.39, 0.29) is 26.1 Å². The number of alkyl halides is 2. The zero-order valence-electron chi connectivity index (χ0n) is 18.0. The van der Waals surface area contributed by atoms with Crippen molar-refractivity contribution in [1.82, 2.24) is 9.80 Å². The molecule has 0 aromatic heterocycles. The lowest BCUT2D eigenvalue weighted by Gasteiger charge is -2.33. The first-order valence-electron chi connectivity index (χ1n) is 10.7. The van der Waals surface area contributed by atoms with Gasteiger partial charge in [-0.2, -0.15) is 0 Å². The molecule has 1 N–H and O–H groups in total. The van der Waals surface area contributed by atoms with Crippen LogP contribution in [0.3, 0.4) is 0 Å². The van der Waals surface area contributed by atoms with Crippen LogP contribution < -0.4 is 9.47 Å². The number of halogens is 2. The van der Waals surface area contributed by atoms with E-state index < -0.39 is 12.0 Å². The maximum atomic E-state index is 13.5. The second-order valence-electron chi connectivity index (χ2n) is 8.40. The topological polar surface area (TPSA) is 54.4 Å². The summed E-state index contributed by atoms with van der Waals surface area (Å²) in [5, 5.41) is 10.2. The molecule has 6 nitrogen and oxygen atoms in total. The highest BCUT2D eigenvalue weighted by Gasteiger charge is 2.35. The molecule has 8 heteroatoms. The van der Waals surface area contributed by atoms with Crippen LogP contribution in [0.2, 0.25) is 0 Å². The lowest BCUT2D eigenvalue weighted by Crippen LogP contribution is -2.46. The molecule has 0 aliphatic carbocycles. The zero-order valence-corrected chi connectivity index (χ0v) is 18.0. The van der Waals surface area contributed by atoms with Crippen molar-refractivity contribution in [1.29, 1.82) is 0 Å². The first-order chi connectivity index (χ1) is 14.4. The Hall–Kier alpha value is -1.48. The molecular formula is C22H34F2N2O4. The Kier molecular flexibility index (Phi) is 8.27. The number of aliphatic hydroxyl groups is 1. The number of hydrogen-bond acceptors (Lipinski definition) is 6. The standard InChI is InChI=1S/C22H34F2N2O4/c1-25(18-6-10-29-11-7-18)13-17-4-5-20(21(12-17)28-2)30-15-19(27)14-26-9-3-8-22(23,24)16-26/h4-5,12,18-19,27H,3,6-11,13-16H2,1-2H3. The van der Waals surface area contributed by atoms with E-state index in [1.807, 2.05) is 18.2 Å². The summed E-state index contributed by atoms with van der Waals surface area (Å²) in [4.78, 5) is 3.93. The van der Waals surface area contributed by atoms with E-state index >= 15 is 0 Å². The van der Waals surface area contributed by atoms with Crippen molar-refractivity contribution in [3.63, 3.8) is 0 Å². The SMILES string of the molecule is COc1cc(CN(C)C2CCOCC2)ccc1OCC(O)CN1CCCC(F)(F)C1. The average molecular weight is 429 g/mol. The summed E-state index contributed by atoms with van der Waals surface area (Å²) in [5.41, 5.74) is 1.12.